The van der Waals surface area contributed by atoms with Gasteiger partial charge in [-0.3, -0.25) is 9.59 Å². The summed E-state index contributed by atoms with van der Waals surface area (Å²) in [4.78, 5) is 32.6. The lowest BCUT2D eigenvalue weighted by Gasteiger charge is -1.96. The minimum atomic E-state index is -0.867. The molecule has 0 saturated heterocycles. The zero-order chi connectivity index (χ0) is 12.7. The second kappa shape index (κ2) is 6.37. The molecule has 4 heteroatoms. The van der Waals surface area contributed by atoms with E-state index >= 15 is 0 Å². The summed E-state index contributed by atoms with van der Waals surface area (Å²) in [5, 5.41) is 0. The molecule has 0 fully saturated rings. The first kappa shape index (κ1) is 12.8. The molecule has 0 aliphatic carbocycles. The maximum atomic E-state index is 11.2. The molecule has 0 aliphatic rings. The normalized spacial score (nSPS) is 10.2. The first-order valence-electron chi connectivity index (χ1n) is 5.11. The third-order valence-corrected chi connectivity index (χ3v) is 1.98. The Morgan fingerprint density at radius 3 is 2.29 bits per heavy atom. The Labute approximate surface area is 98.9 Å². The summed E-state index contributed by atoms with van der Waals surface area (Å²) in [6.45, 7) is 1.81. The molecule has 17 heavy (non-hydrogen) atoms. The molecule has 0 N–H and O–H groups in total. The number of ether oxygens (including phenoxy) is 1. The predicted molar refractivity (Wildman–Crippen MR) is 62.5 cm³/mol. The molecule has 0 amide bonds. The summed E-state index contributed by atoms with van der Waals surface area (Å²) in [6, 6.07) is 6.61. The van der Waals surface area contributed by atoms with E-state index in [1.165, 1.54) is 6.08 Å². The second-order valence-electron chi connectivity index (χ2n) is 3.20. The lowest BCUT2D eigenvalue weighted by molar-refractivity contribution is -0.151. The van der Waals surface area contributed by atoms with Crippen molar-refractivity contribution in [3.05, 3.63) is 41.5 Å². The lowest BCUT2D eigenvalue weighted by atomic mass is 10.1. The average molecular weight is 232 g/mol. The van der Waals surface area contributed by atoms with Gasteiger partial charge < -0.3 is 4.74 Å². The van der Waals surface area contributed by atoms with Crippen LogP contribution in [0.15, 0.2) is 30.3 Å². The van der Waals surface area contributed by atoms with E-state index in [0.717, 1.165) is 17.9 Å². The first-order valence-corrected chi connectivity index (χ1v) is 5.11. The summed E-state index contributed by atoms with van der Waals surface area (Å²) in [7, 11) is 0. The van der Waals surface area contributed by atoms with Gasteiger partial charge in [0.05, 0.1) is 6.61 Å². The number of rotatable bonds is 5. The number of ketones is 1. The maximum absolute atomic E-state index is 11.2. The third kappa shape index (κ3) is 4.03. The van der Waals surface area contributed by atoms with Crippen LogP contribution in [0.2, 0.25) is 0 Å². The van der Waals surface area contributed by atoms with E-state index in [9.17, 15) is 14.4 Å². The average Bonchev–Trinajstić information content (AvgIpc) is 2.36. The molecule has 0 aliphatic heterocycles. The van der Waals surface area contributed by atoms with Gasteiger partial charge in [0.2, 0.25) is 0 Å². The van der Waals surface area contributed by atoms with Crippen LogP contribution in [0.4, 0.5) is 0 Å². The van der Waals surface area contributed by atoms with Gasteiger partial charge in [-0.15, -0.1) is 0 Å². The van der Waals surface area contributed by atoms with Crippen molar-refractivity contribution in [2.75, 3.05) is 6.61 Å². The molecule has 0 spiro atoms. The highest BCUT2D eigenvalue weighted by molar-refractivity contribution is 6.39. The molecule has 1 aromatic rings. The Balaban J connectivity index is 2.66. The van der Waals surface area contributed by atoms with Gasteiger partial charge in [-0.1, -0.05) is 30.3 Å². The monoisotopic (exact) mass is 232 g/mol. The minimum absolute atomic E-state index is 0.173. The third-order valence-electron chi connectivity index (χ3n) is 1.98. The lowest BCUT2D eigenvalue weighted by Crippen LogP contribution is -2.14. The van der Waals surface area contributed by atoms with Crippen molar-refractivity contribution in [3.8, 4) is 0 Å². The summed E-state index contributed by atoms with van der Waals surface area (Å²) in [6.07, 6.45) is 3.37. The van der Waals surface area contributed by atoms with Crippen molar-refractivity contribution in [1.29, 1.82) is 0 Å². The van der Waals surface area contributed by atoms with Crippen molar-refractivity contribution in [2.45, 2.75) is 6.92 Å². The van der Waals surface area contributed by atoms with Gasteiger partial charge in [0.1, 0.15) is 6.29 Å². The van der Waals surface area contributed by atoms with E-state index in [0.29, 0.717) is 5.56 Å². The van der Waals surface area contributed by atoms with Gasteiger partial charge in [-0.25, -0.2) is 4.79 Å². The topological polar surface area (TPSA) is 60.4 Å². The molecule has 88 valence electrons. The van der Waals surface area contributed by atoms with E-state index in [1.54, 1.807) is 31.2 Å². The van der Waals surface area contributed by atoms with E-state index < -0.39 is 11.8 Å². The SMILES string of the molecule is CCOC(=O)C(=O)/C=C/c1ccc(C=O)cc1. The summed E-state index contributed by atoms with van der Waals surface area (Å²) in [5.41, 5.74) is 1.28. The highest BCUT2D eigenvalue weighted by Gasteiger charge is 2.09. The fourth-order valence-corrected chi connectivity index (χ4v) is 1.13. The van der Waals surface area contributed by atoms with Crippen LogP contribution in [-0.2, 0) is 14.3 Å². The van der Waals surface area contributed by atoms with Gasteiger partial charge in [0, 0.05) is 5.56 Å². The maximum Gasteiger partial charge on any atom is 0.379 e. The van der Waals surface area contributed by atoms with Crippen LogP contribution in [0.5, 0.6) is 0 Å². The largest absolute Gasteiger partial charge is 0.460 e. The summed E-state index contributed by atoms with van der Waals surface area (Å²) < 4.78 is 4.54. The smallest absolute Gasteiger partial charge is 0.379 e. The molecule has 0 aromatic heterocycles. The summed E-state index contributed by atoms with van der Waals surface area (Å²) in [5.74, 6) is -1.57. The Morgan fingerprint density at radius 2 is 1.76 bits per heavy atom. The fraction of sp³-hybridized carbons (Fsp3) is 0.154. The quantitative estimate of drug-likeness (QED) is 0.335. The number of aldehydes is 1. The highest BCUT2D eigenvalue weighted by Crippen LogP contribution is 2.04. The van der Waals surface area contributed by atoms with Crippen LogP contribution >= 0.6 is 0 Å². The van der Waals surface area contributed by atoms with E-state index in [-0.39, 0.29) is 6.61 Å². The van der Waals surface area contributed by atoms with E-state index in [2.05, 4.69) is 4.74 Å². The van der Waals surface area contributed by atoms with Gasteiger partial charge in [0.25, 0.3) is 5.78 Å². The molecule has 0 saturated carbocycles. The highest BCUT2D eigenvalue weighted by atomic mass is 16.5. The van der Waals surface area contributed by atoms with Crippen LogP contribution < -0.4 is 0 Å². The van der Waals surface area contributed by atoms with Gasteiger partial charge in [0.15, 0.2) is 0 Å². The molecule has 0 heterocycles. The number of hydrogen-bond acceptors (Lipinski definition) is 4. The molecule has 0 unspecified atom stereocenters. The molecule has 4 nitrogen and oxygen atoms in total. The molecule has 1 aromatic carbocycles. The predicted octanol–water partition coefficient (Wildman–Crippen LogP) is 1.64. The van der Waals surface area contributed by atoms with Gasteiger partial charge in [-0.2, -0.15) is 0 Å². The molecule has 0 atom stereocenters. The van der Waals surface area contributed by atoms with Crippen LogP contribution in [-0.4, -0.2) is 24.6 Å². The number of esters is 1. The molecular formula is C13H12O4. The Morgan fingerprint density at radius 1 is 1.18 bits per heavy atom. The van der Waals surface area contributed by atoms with Crippen molar-refractivity contribution < 1.29 is 19.1 Å². The van der Waals surface area contributed by atoms with E-state index in [1.807, 2.05) is 0 Å². The van der Waals surface area contributed by atoms with Crippen LogP contribution in [0, 0.1) is 0 Å². The molecule has 0 bridgehead atoms. The fourth-order valence-electron chi connectivity index (χ4n) is 1.13. The van der Waals surface area contributed by atoms with Crippen molar-refractivity contribution in [2.24, 2.45) is 0 Å². The van der Waals surface area contributed by atoms with Crippen LogP contribution in [0.25, 0.3) is 6.08 Å². The Kier molecular flexibility index (Phi) is 4.81. The molecule has 1 rings (SSSR count). The zero-order valence-corrected chi connectivity index (χ0v) is 9.38. The van der Waals surface area contributed by atoms with Crippen molar-refractivity contribution in [1.82, 2.24) is 0 Å². The number of hydrogen-bond donors (Lipinski definition) is 0. The Bertz CT molecular complexity index is 443. The number of benzene rings is 1. The van der Waals surface area contributed by atoms with Crippen molar-refractivity contribution >= 4 is 24.1 Å². The van der Waals surface area contributed by atoms with Crippen molar-refractivity contribution in [3.63, 3.8) is 0 Å². The standard InChI is InChI=1S/C13H12O4/c1-2-17-13(16)12(15)8-7-10-3-5-11(9-14)6-4-10/h3-9H,2H2,1H3/b8-7+. The summed E-state index contributed by atoms with van der Waals surface area (Å²) >= 11 is 0. The van der Waals surface area contributed by atoms with Crippen LogP contribution in [0.1, 0.15) is 22.8 Å². The Hall–Kier alpha value is -2.23. The second-order valence-corrected chi connectivity index (χ2v) is 3.20. The minimum Gasteiger partial charge on any atom is -0.460 e. The first-order chi connectivity index (χ1) is 8.17. The molecule has 0 radical (unpaired) electrons. The number of carbonyl (C=O) groups excluding carboxylic acids is 3. The van der Waals surface area contributed by atoms with Gasteiger partial charge in [-0.05, 0) is 18.6 Å². The zero-order valence-electron chi connectivity index (χ0n) is 9.38. The molecular weight excluding hydrogens is 220 g/mol. The number of carbonyl (C=O) groups is 3. The van der Waals surface area contributed by atoms with Crippen LogP contribution in [0.3, 0.4) is 0 Å². The van der Waals surface area contributed by atoms with E-state index in [4.69, 9.17) is 0 Å². The van der Waals surface area contributed by atoms with Gasteiger partial charge >= 0.3 is 5.97 Å².